The number of anilines is 1. The predicted molar refractivity (Wildman–Crippen MR) is 145 cm³/mol. The van der Waals surface area contributed by atoms with Crippen LogP contribution in [0.25, 0.3) is 0 Å². The number of piperazine rings is 1. The van der Waals surface area contributed by atoms with E-state index >= 15 is 0 Å². The third-order valence-corrected chi connectivity index (χ3v) is 6.92. The molecule has 0 amide bonds. The lowest BCUT2D eigenvalue weighted by Gasteiger charge is -2.36. The van der Waals surface area contributed by atoms with Crippen molar-refractivity contribution in [2.45, 2.75) is 18.9 Å². The van der Waals surface area contributed by atoms with Crippen molar-refractivity contribution in [1.82, 2.24) is 4.90 Å². The van der Waals surface area contributed by atoms with Gasteiger partial charge in [-0.05, 0) is 30.3 Å². The van der Waals surface area contributed by atoms with Crippen LogP contribution < -0.4 is 24.5 Å². The number of esters is 1. The van der Waals surface area contributed by atoms with Gasteiger partial charge >= 0.3 is 5.97 Å². The number of hydrogen-bond acceptors (Lipinski definition) is 10. The Kier molecular flexibility index (Phi) is 8.98. The van der Waals surface area contributed by atoms with Crippen LogP contribution in [0.5, 0.6) is 23.0 Å². The minimum Gasteiger partial charge on any atom is -0.502 e. The van der Waals surface area contributed by atoms with E-state index in [1.165, 1.54) is 27.4 Å². The van der Waals surface area contributed by atoms with Crippen molar-refractivity contribution in [1.29, 1.82) is 0 Å². The number of ether oxygens (including phenoxy) is 4. The smallest absolute Gasteiger partial charge is 0.306 e. The van der Waals surface area contributed by atoms with Crippen LogP contribution in [0.2, 0.25) is 0 Å². The highest BCUT2D eigenvalue weighted by atomic mass is 16.5. The molecule has 0 saturated carbocycles. The summed E-state index contributed by atoms with van der Waals surface area (Å²) in [5.41, 5.74) is 1.09. The van der Waals surface area contributed by atoms with Crippen LogP contribution >= 0.6 is 0 Å². The number of aromatic hydroxyl groups is 1. The van der Waals surface area contributed by atoms with Crippen molar-refractivity contribution in [2.24, 2.45) is 0 Å². The Hall–Kier alpha value is -4.18. The first kappa shape index (κ1) is 27.8. The van der Waals surface area contributed by atoms with Gasteiger partial charge in [0.25, 0.3) is 0 Å². The molecule has 4 rings (SSSR count). The van der Waals surface area contributed by atoms with Gasteiger partial charge in [0.15, 0.2) is 5.76 Å². The lowest BCUT2D eigenvalue weighted by atomic mass is 9.91. The van der Waals surface area contributed by atoms with Crippen molar-refractivity contribution < 1.29 is 33.3 Å². The summed E-state index contributed by atoms with van der Waals surface area (Å²) in [5.74, 6) is 0.281. The summed E-state index contributed by atoms with van der Waals surface area (Å²) in [6.45, 7) is 3.49. The van der Waals surface area contributed by atoms with Crippen molar-refractivity contribution in [3.05, 3.63) is 75.8 Å². The second kappa shape index (κ2) is 12.6. The van der Waals surface area contributed by atoms with Crippen LogP contribution in [-0.2, 0) is 16.1 Å². The van der Waals surface area contributed by atoms with E-state index in [9.17, 15) is 14.7 Å². The van der Waals surface area contributed by atoms with Gasteiger partial charge in [-0.25, -0.2) is 0 Å². The van der Waals surface area contributed by atoms with Crippen LogP contribution in [0.4, 0.5) is 5.69 Å². The van der Waals surface area contributed by atoms with E-state index in [-0.39, 0.29) is 12.2 Å². The number of hydrogen-bond donors (Lipinski definition) is 1. The zero-order chi connectivity index (χ0) is 27.9. The minimum atomic E-state index is -0.821. The average Bonchev–Trinajstić information content (AvgIpc) is 2.97. The van der Waals surface area contributed by atoms with Crippen molar-refractivity contribution in [3.63, 3.8) is 0 Å². The van der Waals surface area contributed by atoms with Gasteiger partial charge in [0, 0.05) is 49.6 Å². The molecule has 10 nitrogen and oxygen atoms in total. The number of carbonyl (C=O) groups excluding carboxylic acids is 1. The van der Waals surface area contributed by atoms with Gasteiger partial charge < -0.3 is 33.4 Å². The second-order valence-corrected chi connectivity index (χ2v) is 9.19. The molecule has 1 N–H and O–H groups in total. The van der Waals surface area contributed by atoms with Crippen molar-refractivity contribution in [2.75, 3.05) is 59.5 Å². The number of benzene rings is 2. The molecular weight excluding hydrogens is 504 g/mol. The highest BCUT2D eigenvalue weighted by Crippen LogP contribution is 2.39. The lowest BCUT2D eigenvalue weighted by Crippen LogP contribution is -2.46. The fourth-order valence-electron chi connectivity index (χ4n) is 4.75. The molecule has 1 aromatic heterocycles. The van der Waals surface area contributed by atoms with E-state index in [1.807, 2.05) is 24.3 Å². The summed E-state index contributed by atoms with van der Waals surface area (Å²) in [6, 6.07) is 14.4. The summed E-state index contributed by atoms with van der Waals surface area (Å²) in [5, 5.41) is 10.8. The quantitative estimate of drug-likeness (QED) is 0.386. The van der Waals surface area contributed by atoms with E-state index in [2.05, 4.69) is 9.80 Å². The fraction of sp³-hybridized carbons (Fsp3) is 0.379. The van der Waals surface area contributed by atoms with Gasteiger partial charge in [-0.3, -0.25) is 14.5 Å². The van der Waals surface area contributed by atoms with Gasteiger partial charge in [-0.15, -0.1) is 0 Å². The zero-order valence-electron chi connectivity index (χ0n) is 22.6. The molecule has 10 heteroatoms. The maximum atomic E-state index is 12.8. The summed E-state index contributed by atoms with van der Waals surface area (Å²) < 4.78 is 27.1. The highest BCUT2D eigenvalue weighted by molar-refractivity contribution is 5.71. The molecule has 1 aliphatic heterocycles. The molecule has 2 aromatic carbocycles. The molecule has 208 valence electrons. The molecule has 0 unspecified atom stereocenters. The molecule has 1 atom stereocenters. The number of carbonyl (C=O) groups is 1. The molecule has 1 aliphatic rings. The van der Waals surface area contributed by atoms with Crippen molar-refractivity contribution >= 4 is 11.7 Å². The van der Waals surface area contributed by atoms with E-state index in [0.29, 0.717) is 29.4 Å². The molecule has 0 aliphatic carbocycles. The van der Waals surface area contributed by atoms with E-state index in [1.54, 1.807) is 25.3 Å². The van der Waals surface area contributed by atoms with Crippen LogP contribution in [0.3, 0.4) is 0 Å². The topological polar surface area (TPSA) is 111 Å². The predicted octanol–water partition coefficient (Wildman–Crippen LogP) is 3.39. The normalized spacial score (nSPS) is 14.5. The van der Waals surface area contributed by atoms with E-state index in [4.69, 9.17) is 23.4 Å². The monoisotopic (exact) mass is 538 g/mol. The number of methoxy groups -OCH3 is 4. The molecular formula is C29H34N2O8. The van der Waals surface area contributed by atoms with Crippen LogP contribution in [0.15, 0.2) is 57.7 Å². The third-order valence-electron chi connectivity index (χ3n) is 6.92. The highest BCUT2D eigenvalue weighted by Gasteiger charge is 2.30. The Bertz CT molecular complexity index is 1330. The summed E-state index contributed by atoms with van der Waals surface area (Å²) >= 11 is 0. The number of rotatable bonds is 10. The molecule has 0 spiro atoms. The molecule has 2 heterocycles. The van der Waals surface area contributed by atoms with Crippen LogP contribution in [0.1, 0.15) is 29.4 Å². The maximum absolute atomic E-state index is 12.8. The van der Waals surface area contributed by atoms with Gasteiger partial charge in [0.05, 0.1) is 47.3 Å². The van der Waals surface area contributed by atoms with Crippen LogP contribution in [-0.4, -0.2) is 70.6 Å². The SMILES string of the molecule is COC(=O)C[C@H](c1ccc(OC)cc1OC)c1oc(CN2CCN(c3ccc(OC)cc3)CC2)cc(=O)c1O. The van der Waals surface area contributed by atoms with Gasteiger partial charge in [-0.2, -0.15) is 0 Å². The first-order valence-electron chi connectivity index (χ1n) is 12.6. The minimum absolute atomic E-state index is 0.0109. The number of nitrogens with zero attached hydrogens (tertiary/aromatic N) is 2. The standard InChI is InChI=1S/C29H34N2O8/c1-35-20-7-5-19(6-8-20)31-13-11-30(12-14-31)18-22-15-25(32)28(34)29(39-22)24(17-27(33)38-4)23-10-9-21(36-2)16-26(23)37-3/h5-10,15-16,24,34H,11-14,17-18H2,1-4H3/t24-/m1/s1. The van der Waals surface area contributed by atoms with E-state index in [0.717, 1.165) is 37.6 Å². The Morgan fingerprint density at radius 2 is 1.59 bits per heavy atom. The van der Waals surface area contributed by atoms with Gasteiger partial charge in [-0.1, -0.05) is 6.07 Å². The van der Waals surface area contributed by atoms with Gasteiger partial charge in [0.2, 0.25) is 11.2 Å². The third kappa shape index (κ3) is 6.46. The first-order valence-corrected chi connectivity index (χ1v) is 12.6. The molecule has 0 radical (unpaired) electrons. The van der Waals surface area contributed by atoms with Crippen molar-refractivity contribution in [3.8, 4) is 23.0 Å². The zero-order valence-corrected chi connectivity index (χ0v) is 22.6. The van der Waals surface area contributed by atoms with E-state index < -0.39 is 23.1 Å². The Labute approximate surface area is 227 Å². The summed E-state index contributed by atoms with van der Waals surface area (Å²) in [4.78, 5) is 29.7. The fourth-order valence-corrected chi connectivity index (χ4v) is 4.75. The maximum Gasteiger partial charge on any atom is 0.306 e. The molecule has 0 bridgehead atoms. The second-order valence-electron chi connectivity index (χ2n) is 9.19. The molecule has 1 saturated heterocycles. The Morgan fingerprint density at radius 1 is 0.923 bits per heavy atom. The molecule has 1 fully saturated rings. The summed E-state index contributed by atoms with van der Waals surface area (Å²) in [7, 11) is 5.95. The molecule has 3 aromatic rings. The summed E-state index contributed by atoms with van der Waals surface area (Å²) in [6.07, 6.45) is -0.167. The lowest BCUT2D eigenvalue weighted by molar-refractivity contribution is -0.140. The van der Waals surface area contributed by atoms with Crippen LogP contribution in [0, 0.1) is 0 Å². The largest absolute Gasteiger partial charge is 0.502 e. The average molecular weight is 539 g/mol. The Balaban J connectivity index is 1.57. The Morgan fingerprint density at radius 3 is 2.21 bits per heavy atom. The molecule has 39 heavy (non-hydrogen) atoms. The first-order chi connectivity index (χ1) is 18.9. The van der Waals surface area contributed by atoms with Gasteiger partial charge in [0.1, 0.15) is 23.0 Å².